The Morgan fingerprint density at radius 3 is 1.78 bits per heavy atom. The minimum atomic E-state index is -4.33. The molecule has 0 radical (unpaired) electrons. The van der Waals surface area contributed by atoms with E-state index in [1.54, 1.807) is 26.0 Å². The second kappa shape index (κ2) is 6.06. The monoisotopic (exact) mass is 289 g/mol. The van der Waals surface area contributed by atoms with E-state index in [2.05, 4.69) is 0 Å². The second-order valence-electron chi connectivity index (χ2n) is 4.48. The number of hydrogen-bond acceptors (Lipinski definition) is 4. The summed E-state index contributed by atoms with van der Waals surface area (Å²) in [6.45, 7) is 5.12. The van der Waals surface area contributed by atoms with E-state index >= 15 is 0 Å². The Morgan fingerprint density at radius 1 is 1.17 bits per heavy atom. The Morgan fingerprint density at radius 2 is 1.56 bits per heavy atom. The molecule has 1 aliphatic heterocycles. The van der Waals surface area contributed by atoms with Crippen molar-refractivity contribution in [2.24, 2.45) is 5.14 Å². The fourth-order valence-corrected chi connectivity index (χ4v) is 3.40. The van der Waals surface area contributed by atoms with Crippen LogP contribution in [-0.4, -0.2) is 24.5 Å². The Balaban J connectivity index is 0.000000269. The Bertz CT molecular complexity index is 499. The molecule has 1 heterocycles. The Kier molecular flexibility index (Phi) is 5.21. The highest BCUT2D eigenvalue weighted by Crippen LogP contribution is 2.20. The molecule has 0 amide bonds. The summed E-state index contributed by atoms with van der Waals surface area (Å²) < 4.78 is 32.5. The van der Waals surface area contributed by atoms with Crippen LogP contribution in [0.4, 0.5) is 0 Å². The average molecular weight is 289 g/mol. The summed E-state index contributed by atoms with van der Waals surface area (Å²) in [4.78, 5) is -0.0851. The SMILES string of the molecule is Cc1cc(C)c(S(=O)(=O)[O-])c(C)c1.N[S+]1CCC1. The van der Waals surface area contributed by atoms with E-state index in [1.807, 2.05) is 6.92 Å². The number of nitrogens with two attached hydrogens (primary N) is 1. The van der Waals surface area contributed by atoms with Gasteiger partial charge >= 0.3 is 0 Å². The third-order valence-electron chi connectivity index (χ3n) is 2.67. The van der Waals surface area contributed by atoms with E-state index in [1.165, 1.54) is 17.9 Å². The molecule has 4 nitrogen and oxygen atoms in total. The summed E-state index contributed by atoms with van der Waals surface area (Å²) in [7, 11) is -4.33. The van der Waals surface area contributed by atoms with Crippen LogP contribution in [-0.2, 0) is 21.2 Å². The molecule has 0 bridgehead atoms. The van der Waals surface area contributed by atoms with Crippen LogP contribution in [0.1, 0.15) is 23.1 Å². The number of hydrogen-bond donors (Lipinski definition) is 1. The smallest absolute Gasteiger partial charge is 0.131 e. The van der Waals surface area contributed by atoms with Crippen molar-refractivity contribution in [3.05, 3.63) is 28.8 Å². The maximum atomic E-state index is 10.8. The zero-order valence-electron chi connectivity index (χ0n) is 10.9. The van der Waals surface area contributed by atoms with Gasteiger partial charge in [0, 0.05) is 6.42 Å². The molecule has 2 N–H and O–H groups in total. The predicted octanol–water partition coefficient (Wildman–Crippen LogP) is 1.40. The summed E-state index contributed by atoms with van der Waals surface area (Å²) in [6, 6.07) is 3.38. The van der Waals surface area contributed by atoms with E-state index in [0.717, 1.165) is 5.56 Å². The normalized spacial score (nSPS) is 15.6. The molecule has 2 rings (SSSR count). The summed E-state index contributed by atoms with van der Waals surface area (Å²) in [5, 5.41) is 5.41. The minimum Gasteiger partial charge on any atom is -0.744 e. The van der Waals surface area contributed by atoms with Gasteiger partial charge < -0.3 is 4.55 Å². The van der Waals surface area contributed by atoms with Crippen LogP contribution in [0.2, 0.25) is 0 Å². The number of rotatable bonds is 1. The molecular weight excluding hydrogens is 270 g/mol. The quantitative estimate of drug-likeness (QED) is 0.625. The lowest BCUT2D eigenvalue weighted by molar-refractivity contribution is 0.462. The van der Waals surface area contributed by atoms with Gasteiger partial charge in [0.1, 0.15) is 21.6 Å². The molecule has 1 aliphatic rings. The summed E-state index contributed by atoms with van der Waals surface area (Å²) in [5.74, 6) is 2.58. The molecule has 0 aromatic heterocycles. The van der Waals surface area contributed by atoms with Gasteiger partial charge in [0.2, 0.25) is 0 Å². The van der Waals surface area contributed by atoms with Crippen LogP contribution < -0.4 is 5.14 Å². The summed E-state index contributed by atoms with van der Waals surface area (Å²) >= 11 is 0.358. The van der Waals surface area contributed by atoms with Crippen molar-refractivity contribution in [1.82, 2.24) is 0 Å². The molecule has 6 heteroatoms. The highest BCUT2D eigenvalue weighted by atomic mass is 32.2. The maximum Gasteiger partial charge on any atom is 0.131 e. The Labute approximate surface area is 112 Å². The molecule has 0 unspecified atom stereocenters. The molecule has 102 valence electrons. The van der Waals surface area contributed by atoms with Crippen molar-refractivity contribution in [3.8, 4) is 0 Å². The molecule has 0 spiro atoms. The highest BCUT2D eigenvalue weighted by molar-refractivity contribution is 7.95. The van der Waals surface area contributed by atoms with Crippen LogP contribution >= 0.6 is 0 Å². The largest absolute Gasteiger partial charge is 0.744 e. The lowest BCUT2D eigenvalue weighted by atomic mass is 10.1. The van der Waals surface area contributed by atoms with E-state index < -0.39 is 10.1 Å². The van der Waals surface area contributed by atoms with Gasteiger partial charge in [-0.15, -0.1) is 0 Å². The first kappa shape index (κ1) is 15.5. The third kappa shape index (κ3) is 4.28. The van der Waals surface area contributed by atoms with Crippen molar-refractivity contribution in [2.45, 2.75) is 32.1 Å². The van der Waals surface area contributed by atoms with Crippen LogP contribution in [0, 0.1) is 20.8 Å². The van der Waals surface area contributed by atoms with Crippen molar-refractivity contribution in [3.63, 3.8) is 0 Å². The van der Waals surface area contributed by atoms with Crippen LogP contribution in [0.15, 0.2) is 17.0 Å². The van der Waals surface area contributed by atoms with Gasteiger partial charge in [-0.2, -0.15) is 5.14 Å². The highest BCUT2D eigenvalue weighted by Gasteiger charge is 2.22. The van der Waals surface area contributed by atoms with Gasteiger partial charge in [0.05, 0.1) is 16.0 Å². The molecule has 1 aromatic rings. The average Bonchev–Trinajstić information content (AvgIpc) is 2.11. The van der Waals surface area contributed by atoms with E-state index in [4.69, 9.17) is 5.14 Å². The van der Waals surface area contributed by atoms with Crippen LogP contribution in [0.25, 0.3) is 0 Å². The minimum absolute atomic E-state index is 0.0851. The molecule has 1 aromatic carbocycles. The molecule has 0 saturated carbocycles. The van der Waals surface area contributed by atoms with Gasteiger partial charge in [-0.3, -0.25) is 0 Å². The fourth-order valence-electron chi connectivity index (χ4n) is 1.87. The first-order valence-electron chi connectivity index (χ1n) is 5.67. The van der Waals surface area contributed by atoms with Gasteiger partial charge in [-0.05, 0) is 31.9 Å². The van der Waals surface area contributed by atoms with Crippen molar-refractivity contribution >= 4 is 21.2 Å². The summed E-state index contributed by atoms with van der Waals surface area (Å²) in [5.41, 5.74) is 2.00. The molecule has 1 saturated heterocycles. The Hall–Kier alpha value is -0.560. The second-order valence-corrected chi connectivity index (χ2v) is 7.69. The topological polar surface area (TPSA) is 83.2 Å². The predicted molar refractivity (Wildman–Crippen MR) is 74.5 cm³/mol. The molecule has 18 heavy (non-hydrogen) atoms. The molecule has 1 fully saturated rings. The van der Waals surface area contributed by atoms with E-state index in [9.17, 15) is 13.0 Å². The van der Waals surface area contributed by atoms with Gasteiger partial charge in [0.25, 0.3) is 0 Å². The van der Waals surface area contributed by atoms with Crippen molar-refractivity contribution in [1.29, 1.82) is 0 Å². The first-order chi connectivity index (χ1) is 8.21. The van der Waals surface area contributed by atoms with Gasteiger partial charge in [0.15, 0.2) is 0 Å². The van der Waals surface area contributed by atoms with Gasteiger partial charge in [-0.1, -0.05) is 17.7 Å². The van der Waals surface area contributed by atoms with Crippen LogP contribution in [0.5, 0.6) is 0 Å². The standard InChI is InChI=1S/C9H12O3S.C3H8NS/c1-6-4-7(2)9(8(3)5-6)13(10,11)12;4-5-2-1-3-5/h4-5H,1-3H3,(H,10,11,12);1-4H2/q;+1/p-1. The molecule has 0 aliphatic carbocycles. The van der Waals surface area contributed by atoms with Crippen molar-refractivity contribution < 1.29 is 13.0 Å². The first-order valence-corrected chi connectivity index (χ1v) is 8.71. The number of aryl methyl sites for hydroxylation is 3. The zero-order valence-corrected chi connectivity index (χ0v) is 12.5. The lowest BCUT2D eigenvalue weighted by Gasteiger charge is -2.14. The molecule has 0 atom stereocenters. The fraction of sp³-hybridized carbons (Fsp3) is 0.500. The van der Waals surface area contributed by atoms with E-state index in [0.29, 0.717) is 22.2 Å². The summed E-state index contributed by atoms with van der Waals surface area (Å²) in [6.07, 6.45) is 1.37. The van der Waals surface area contributed by atoms with E-state index in [-0.39, 0.29) is 4.90 Å². The third-order valence-corrected chi connectivity index (χ3v) is 5.44. The molecular formula is C12H19NO3S2. The zero-order chi connectivity index (χ0) is 13.9. The maximum absolute atomic E-state index is 10.8. The van der Waals surface area contributed by atoms with Crippen LogP contribution in [0.3, 0.4) is 0 Å². The van der Waals surface area contributed by atoms with Crippen molar-refractivity contribution in [2.75, 3.05) is 11.5 Å². The lowest BCUT2D eigenvalue weighted by Crippen LogP contribution is -2.31. The van der Waals surface area contributed by atoms with Gasteiger partial charge in [-0.25, -0.2) is 8.42 Å². The number of benzene rings is 1.